The lowest BCUT2D eigenvalue weighted by molar-refractivity contribution is -0.385. The number of pyridine rings is 1. The molecule has 106 valence electrons. The molecule has 0 spiro atoms. The first-order valence-corrected chi connectivity index (χ1v) is 5.46. The Bertz CT molecular complexity index is 481. The number of hydrogen-bond acceptors (Lipinski definition) is 5. The molecule has 19 heavy (non-hydrogen) atoms. The number of rotatable bonds is 4. The molecule has 1 atom stereocenters. The molecule has 1 heterocycles. The summed E-state index contributed by atoms with van der Waals surface area (Å²) < 4.78 is 0. The normalized spacial score (nSPS) is 11.4. The summed E-state index contributed by atoms with van der Waals surface area (Å²) in [6, 6.07) is 1.10. The summed E-state index contributed by atoms with van der Waals surface area (Å²) in [5.74, 6) is -0.318. The Balaban J connectivity index is 0.00000324. The Morgan fingerprint density at radius 3 is 2.68 bits per heavy atom. The molecule has 1 unspecified atom stereocenters. The second-order valence-electron chi connectivity index (χ2n) is 4.08. The molecule has 1 amide bonds. The number of likely N-dealkylation sites (N-methyl/N-ethyl adjacent to an activating group) is 1. The molecule has 0 radical (unpaired) electrons. The number of amides is 1. The van der Waals surface area contributed by atoms with Gasteiger partial charge in [0.25, 0.3) is 11.6 Å². The van der Waals surface area contributed by atoms with Gasteiger partial charge in [-0.2, -0.15) is 0 Å². The Labute approximate surface area is 117 Å². The molecule has 7 nitrogen and oxygen atoms in total. The van der Waals surface area contributed by atoms with Crippen LogP contribution in [0.5, 0.6) is 0 Å². The van der Waals surface area contributed by atoms with E-state index in [-0.39, 0.29) is 35.6 Å². The lowest BCUT2D eigenvalue weighted by Gasteiger charge is -2.24. The van der Waals surface area contributed by atoms with Gasteiger partial charge in [0.05, 0.1) is 16.2 Å². The minimum Gasteiger partial charge on any atom is -0.338 e. The third kappa shape index (κ3) is 3.87. The van der Waals surface area contributed by atoms with Gasteiger partial charge in [-0.3, -0.25) is 19.9 Å². The molecule has 2 N–H and O–H groups in total. The lowest BCUT2D eigenvalue weighted by Crippen LogP contribution is -2.40. The summed E-state index contributed by atoms with van der Waals surface area (Å²) in [5, 5.41) is 10.7. The van der Waals surface area contributed by atoms with Crippen molar-refractivity contribution in [2.45, 2.75) is 19.9 Å². The number of carbonyl (C=O) groups is 1. The van der Waals surface area contributed by atoms with Crippen LogP contribution in [-0.2, 0) is 0 Å². The molecular formula is C11H17ClN4O3. The van der Waals surface area contributed by atoms with Gasteiger partial charge >= 0.3 is 0 Å². The summed E-state index contributed by atoms with van der Waals surface area (Å²) in [4.78, 5) is 27.6. The molecular weight excluding hydrogens is 272 g/mol. The van der Waals surface area contributed by atoms with Crippen LogP contribution in [0.2, 0.25) is 0 Å². The number of nitrogens with zero attached hydrogens (tertiary/aromatic N) is 3. The average Bonchev–Trinajstić information content (AvgIpc) is 2.36. The van der Waals surface area contributed by atoms with Crippen molar-refractivity contribution >= 4 is 24.0 Å². The van der Waals surface area contributed by atoms with E-state index in [9.17, 15) is 14.9 Å². The summed E-state index contributed by atoms with van der Waals surface area (Å²) in [7, 11) is 1.61. The largest absolute Gasteiger partial charge is 0.338 e. The number of halogens is 1. The first-order valence-electron chi connectivity index (χ1n) is 5.46. The van der Waals surface area contributed by atoms with Gasteiger partial charge in [0.1, 0.15) is 6.20 Å². The molecule has 0 aliphatic heterocycles. The van der Waals surface area contributed by atoms with Gasteiger partial charge in [0.2, 0.25) is 0 Å². The second kappa shape index (κ2) is 7.01. The molecule has 1 aromatic rings. The molecule has 0 saturated heterocycles. The SMILES string of the molecule is Cc1ncc([N+](=O)[O-])cc1C(=O)N(C)C(C)CN.Cl. The number of aromatic nitrogens is 1. The fourth-order valence-corrected chi connectivity index (χ4v) is 1.39. The molecule has 1 rings (SSSR count). The zero-order chi connectivity index (χ0) is 13.9. The van der Waals surface area contributed by atoms with Crippen molar-refractivity contribution in [3.05, 3.63) is 33.6 Å². The van der Waals surface area contributed by atoms with Gasteiger partial charge in [-0.15, -0.1) is 12.4 Å². The van der Waals surface area contributed by atoms with Crippen LogP contribution < -0.4 is 5.73 Å². The molecule has 0 aliphatic carbocycles. The maximum atomic E-state index is 12.1. The lowest BCUT2D eigenvalue weighted by atomic mass is 10.1. The molecule has 8 heteroatoms. The minimum absolute atomic E-state index is 0. The Kier molecular flexibility index (Phi) is 6.37. The third-order valence-electron chi connectivity index (χ3n) is 2.84. The number of hydrogen-bond donors (Lipinski definition) is 1. The highest BCUT2D eigenvalue weighted by Gasteiger charge is 2.21. The van der Waals surface area contributed by atoms with Crippen molar-refractivity contribution in [3.8, 4) is 0 Å². The Morgan fingerprint density at radius 1 is 1.63 bits per heavy atom. The zero-order valence-corrected chi connectivity index (χ0v) is 11.8. The van der Waals surface area contributed by atoms with Crippen molar-refractivity contribution in [2.24, 2.45) is 5.73 Å². The quantitative estimate of drug-likeness (QED) is 0.661. The summed E-state index contributed by atoms with van der Waals surface area (Å²) in [6.07, 6.45) is 1.14. The number of aryl methyl sites for hydroxylation is 1. The predicted octanol–water partition coefficient (Wildman–Crippen LogP) is 1.14. The number of nitro groups is 1. The van der Waals surface area contributed by atoms with E-state index in [0.717, 1.165) is 6.20 Å². The maximum Gasteiger partial charge on any atom is 0.288 e. The molecule has 1 aromatic heterocycles. The van der Waals surface area contributed by atoms with Gasteiger partial charge in [0, 0.05) is 25.7 Å². The van der Waals surface area contributed by atoms with Crippen LogP contribution in [0.25, 0.3) is 0 Å². The Morgan fingerprint density at radius 2 is 2.21 bits per heavy atom. The van der Waals surface area contributed by atoms with Crippen LogP contribution in [0.15, 0.2) is 12.3 Å². The van der Waals surface area contributed by atoms with Crippen molar-refractivity contribution in [3.63, 3.8) is 0 Å². The fourth-order valence-electron chi connectivity index (χ4n) is 1.39. The molecule has 0 fully saturated rings. The van der Waals surface area contributed by atoms with Crippen molar-refractivity contribution < 1.29 is 9.72 Å². The molecule has 0 bridgehead atoms. The monoisotopic (exact) mass is 288 g/mol. The highest BCUT2D eigenvalue weighted by Crippen LogP contribution is 2.16. The van der Waals surface area contributed by atoms with E-state index in [4.69, 9.17) is 5.73 Å². The van der Waals surface area contributed by atoms with Gasteiger partial charge in [-0.05, 0) is 13.8 Å². The van der Waals surface area contributed by atoms with Crippen LogP contribution in [0.3, 0.4) is 0 Å². The van der Waals surface area contributed by atoms with Crippen LogP contribution in [0.4, 0.5) is 5.69 Å². The number of nitrogens with two attached hydrogens (primary N) is 1. The zero-order valence-electron chi connectivity index (χ0n) is 11.0. The highest BCUT2D eigenvalue weighted by molar-refractivity contribution is 5.95. The number of carbonyl (C=O) groups excluding carboxylic acids is 1. The van der Waals surface area contributed by atoms with Crippen molar-refractivity contribution in [1.29, 1.82) is 0 Å². The van der Waals surface area contributed by atoms with E-state index in [1.807, 2.05) is 0 Å². The fraction of sp³-hybridized carbons (Fsp3) is 0.455. The van der Waals surface area contributed by atoms with Crippen molar-refractivity contribution in [1.82, 2.24) is 9.88 Å². The Hall–Kier alpha value is -1.73. The predicted molar refractivity (Wildman–Crippen MR) is 73.5 cm³/mol. The van der Waals surface area contributed by atoms with Gasteiger partial charge in [-0.25, -0.2) is 0 Å². The van der Waals surface area contributed by atoms with E-state index in [1.165, 1.54) is 11.0 Å². The van der Waals surface area contributed by atoms with Crippen molar-refractivity contribution in [2.75, 3.05) is 13.6 Å². The first kappa shape index (κ1) is 17.3. The summed E-state index contributed by atoms with van der Waals surface area (Å²) >= 11 is 0. The third-order valence-corrected chi connectivity index (χ3v) is 2.84. The smallest absolute Gasteiger partial charge is 0.288 e. The maximum absolute atomic E-state index is 12.1. The van der Waals surface area contributed by atoms with Crippen LogP contribution >= 0.6 is 12.4 Å². The average molecular weight is 289 g/mol. The molecule has 0 saturated carbocycles. The standard InChI is InChI=1S/C11H16N4O3.ClH/c1-7(5-12)14(3)11(16)10-4-9(15(17)18)6-13-8(10)2;/h4,6-7H,5,12H2,1-3H3;1H. The van der Waals surface area contributed by atoms with E-state index in [2.05, 4.69) is 4.98 Å². The van der Waals surface area contributed by atoms with Crippen LogP contribution in [-0.4, -0.2) is 40.3 Å². The molecule has 0 aliphatic rings. The van der Waals surface area contributed by atoms with E-state index in [1.54, 1.807) is 20.9 Å². The highest BCUT2D eigenvalue weighted by atomic mass is 35.5. The minimum atomic E-state index is -0.574. The first-order chi connectivity index (χ1) is 8.38. The molecule has 0 aromatic carbocycles. The topological polar surface area (TPSA) is 102 Å². The summed E-state index contributed by atoms with van der Waals surface area (Å²) in [6.45, 7) is 3.76. The second-order valence-corrected chi connectivity index (χ2v) is 4.08. The van der Waals surface area contributed by atoms with Crippen LogP contribution in [0, 0.1) is 17.0 Å². The van der Waals surface area contributed by atoms with Crippen LogP contribution in [0.1, 0.15) is 23.0 Å². The van der Waals surface area contributed by atoms with Gasteiger partial charge < -0.3 is 10.6 Å². The summed E-state index contributed by atoms with van der Waals surface area (Å²) in [5.41, 5.74) is 5.98. The van der Waals surface area contributed by atoms with E-state index in [0.29, 0.717) is 12.2 Å². The van der Waals surface area contributed by atoms with Gasteiger partial charge in [0.15, 0.2) is 0 Å². The van der Waals surface area contributed by atoms with E-state index >= 15 is 0 Å². The van der Waals surface area contributed by atoms with Gasteiger partial charge in [-0.1, -0.05) is 0 Å². The van der Waals surface area contributed by atoms with E-state index < -0.39 is 4.92 Å².